The zero-order valence-corrected chi connectivity index (χ0v) is 10.8. The molecular formula is C16H14OS. The zero-order valence-electron chi connectivity index (χ0n) is 10.0. The van der Waals surface area contributed by atoms with Gasteiger partial charge >= 0.3 is 0 Å². The summed E-state index contributed by atoms with van der Waals surface area (Å²) in [6, 6.07) is 16.5. The lowest BCUT2D eigenvalue weighted by atomic mass is 10.1. The van der Waals surface area contributed by atoms with Crippen LogP contribution in [0.25, 0.3) is 11.1 Å². The van der Waals surface area contributed by atoms with Crippen molar-refractivity contribution >= 4 is 10.8 Å². The number of fused-ring (bicyclic) bond motifs is 3. The predicted octanol–water partition coefficient (Wildman–Crippen LogP) is 3.69. The van der Waals surface area contributed by atoms with Crippen molar-refractivity contribution in [1.29, 1.82) is 0 Å². The molecule has 1 aliphatic rings. The van der Waals surface area contributed by atoms with Gasteiger partial charge in [0.1, 0.15) is 0 Å². The average Bonchev–Trinajstić information content (AvgIpc) is 2.73. The van der Waals surface area contributed by atoms with Crippen LogP contribution in [0.15, 0.2) is 61.2 Å². The first-order chi connectivity index (χ1) is 8.83. The smallest absolute Gasteiger partial charge is 0.0861 e. The van der Waals surface area contributed by atoms with Gasteiger partial charge in [-0.15, -0.1) is 6.58 Å². The van der Waals surface area contributed by atoms with E-state index in [0.717, 1.165) is 0 Å². The van der Waals surface area contributed by atoms with E-state index in [0.29, 0.717) is 5.75 Å². The number of benzene rings is 2. The molecule has 3 rings (SSSR count). The second kappa shape index (κ2) is 4.54. The Kier molecular flexibility index (Phi) is 2.88. The van der Waals surface area contributed by atoms with Gasteiger partial charge in [0.2, 0.25) is 0 Å². The molecule has 1 aliphatic carbocycles. The van der Waals surface area contributed by atoms with Gasteiger partial charge in [-0.05, 0) is 22.3 Å². The van der Waals surface area contributed by atoms with E-state index in [1.54, 1.807) is 6.08 Å². The van der Waals surface area contributed by atoms with E-state index in [1.807, 2.05) is 24.3 Å². The van der Waals surface area contributed by atoms with Gasteiger partial charge < -0.3 is 0 Å². The number of hydrogen-bond donors (Lipinski definition) is 0. The van der Waals surface area contributed by atoms with Gasteiger partial charge in [-0.3, -0.25) is 4.21 Å². The van der Waals surface area contributed by atoms with E-state index in [-0.39, 0.29) is 5.25 Å². The minimum atomic E-state index is -0.936. The Bertz CT molecular complexity index is 585. The van der Waals surface area contributed by atoms with E-state index >= 15 is 0 Å². The van der Waals surface area contributed by atoms with Crippen molar-refractivity contribution in [3.05, 3.63) is 72.3 Å². The fraction of sp³-hybridized carbons (Fsp3) is 0.125. The molecule has 2 heteroatoms. The van der Waals surface area contributed by atoms with Gasteiger partial charge in [0.15, 0.2) is 0 Å². The summed E-state index contributed by atoms with van der Waals surface area (Å²) in [5.41, 5.74) is 4.80. The maximum Gasteiger partial charge on any atom is 0.0861 e. The van der Waals surface area contributed by atoms with Crippen molar-refractivity contribution in [3.8, 4) is 11.1 Å². The van der Waals surface area contributed by atoms with Crippen molar-refractivity contribution < 1.29 is 4.21 Å². The lowest BCUT2D eigenvalue weighted by Gasteiger charge is -2.11. The summed E-state index contributed by atoms with van der Waals surface area (Å²) in [5, 5.41) is -0.00426. The van der Waals surface area contributed by atoms with Gasteiger partial charge in [0, 0.05) is 16.6 Å². The molecule has 0 amide bonds. The minimum Gasteiger partial charge on any atom is -0.258 e. The zero-order chi connectivity index (χ0) is 12.5. The highest BCUT2D eigenvalue weighted by Crippen LogP contribution is 2.46. The highest BCUT2D eigenvalue weighted by atomic mass is 32.2. The summed E-state index contributed by atoms with van der Waals surface area (Å²) >= 11 is 0. The van der Waals surface area contributed by atoms with E-state index in [2.05, 4.69) is 30.8 Å². The Balaban J connectivity index is 2.20. The normalized spacial score (nSPS) is 14.9. The lowest BCUT2D eigenvalue weighted by molar-refractivity contribution is 0.681. The molecule has 0 heterocycles. The van der Waals surface area contributed by atoms with Crippen molar-refractivity contribution in [2.75, 3.05) is 5.75 Å². The Morgan fingerprint density at radius 2 is 1.50 bits per heavy atom. The van der Waals surface area contributed by atoms with Crippen LogP contribution in [0.2, 0.25) is 0 Å². The molecule has 0 aliphatic heterocycles. The summed E-state index contributed by atoms with van der Waals surface area (Å²) in [5.74, 6) is 0.535. The minimum absolute atomic E-state index is 0.00426. The molecular weight excluding hydrogens is 240 g/mol. The molecule has 0 saturated heterocycles. The Morgan fingerprint density at radius 3 is 2.00 bits per heavy atom. The topological polar surface area (TPSA) is 17.1 Å². The van der Waals surface area contributed by atoms with Gasteiger partial charge in [0.05, 0.1) is 5.25 Å². The Hall–Kier alpha value is -1.67. The summed E-state index contributed by atoms with van der Waals surface area (Å²) in [7, 11) is -0.936. The van der Waals surface area contributed by atoms with Crippen LogP contribution < -0.4 is 0 Å². The SMILES string of the molecule is C=CCS(=O)C1c2ccccc2-c2ccccc21. The summed E-state index contributed by atoms with van der Waals surface area (Å²) in [6.45, 7) is 3.69. The fourth-order valence-corrected chi connectivity index (χ4v) is 4.01. The fourth-order valence-electron chi connectivity index (χ4n) is 2.60. The summed E-state index contributed by atoms with van der Waals surface area (Å²) < 4.78 is 12.4. The van der Waals surface area contributed by atoms with Crippen molar-refractivity contribution in [1.82, 2.24) is 0 Å². The molecule has 0 N–H and O–H groups in total. The molecule has 0 bridgehead atoms. The lowest BCUT2D eigenvalue weighted by Crippen LogP contribution is -2.07. The molecule has 2 aromatic carbocycles. The molecule has 1 nitrogen and oxygen atoms in total. The standard InChI is InChI=1S/C16H14OS/c1-2-11-18(17)16-14-9-5-3-7-12(14)13-8-4-6-10-15(13)16/h2-10,16H,1,11H2. The Morgan fingerprint density at radius 1 is 1.00 bits per heavy atom. The van der Waals surface area contributed by atoms with Crippen LogP contribution in [0.1, 0.15) is 16.4 Å². The van der Waals surface area contributed by atoms with E-state index in [4.69, 9.17) is 0 Å². The first-order valence-corrected chi connectivity index (χ1v) is 7.37. The summed E-state index contributed by atoms with van der Waals surface area (Å²) in [6.07, 6.45) is 1.74. The number of rotatable bonds is 3. The monoisotopic (exact) mass is 254 g/mol. The molecule has 90 valence electrons. The highest BCUT2D eigenvalue weighted by molar-refractivity contribution is 7.85. The van der Waals surface area contributed by atoms with Gasteiger partial charge in [-0.1, -0.05) is 54.6 Å². The van der Waals surface area contributed by atoms with Crippen LogP contribution in [-0.2, 0) is 10.8 Å². The van der Waals surface area contributed by atoms with Crippen LogP contribution in [0.5, 0.6) is 0 Å². The van der Waals surface area contributed by atoms with Crippen molar-refractivity contribution in [3.63, 3.8) is 0 Å². The van der Waals surface area contributed by atoms with Crippen molar-refractivity contribution in [2.24, 2.45) is 0 Å². The number of hydrogen-bond acceptors (Lipinski definition) is 1. The largest absolute Gasteiger partial charge is 0.258 e. The van der Waals surface area contributed by atoms with Crippen LogP contribution >= 0.6 is 0 Å². The maximum absolute atomic E-state index is 12.4. The van der Waals surface area contributed by atoms with E-state index in [1.165, 1.54) is 22.3 Å². The van der Waals surface area contributed by atoms with Gasteiger partial charge in [-0.25, -0.2) is 0 Å². The molecule has 0 fully saturated rings. The van der Waals surface area contributed by atoms with E-state index in [9.17, 15) is 4.21 Å². The predicted molar refractivity (Wildman–Crippen MR) is 76.9 cm³/mol. The van der Waals surface area contributed by atoms with Crippen molar-refractivity contribution in [2.45, 2.75) is 5.25 Å². The quantitative estimate of drug-likeness (QED) is 0.763. The van der Waals surface area contributed by atoms with Crippen LogP contribution in [0.3, 0.4) is 0 Å². The highest BCUT2D eigenvalue weighted by Gasteiger charge is 2.31. The first-order valence-electron chi connectivity index (χ1n) is 5.99. The second-order valence-electron chi connectivity index (χ2n) is 4.39. The molecule has 0 radical (unpaired) electrons. The third-order valence-corrected chi connectivity index (χ3v) is 4.92. The van der Waals surface area contributed by atoms with Gasteiger partial charge in [-0.2, -0.15) is 0 Å². The third kappa shape index (κ3) is 1.65. The second-order valence-corrected chi connectivity index (χ2v) is 5.96. The molecule has 1 atom stereocenters. The molecule has 18 heavy (non-hydrogen) atoms. The Labute approximate surface area is 110 Å². The first kappa shape index (κ1) is 11.4. The van der Waals surface area contributed by atoms with Crippen LogP contribution in [-0.4, -0.2) is 9.96 Å². The van der Waals surface area contributed by atoms with Gasteiger partial charge in [0.25, 0.3) is 0 Å². The molecule has 0 aromatic heterocycles. The molecule has 0 spiro atoms. The molecule has 0 saturated carbocycles. The summed E-state index contributed by atoms with van der Waals surface area (Å²) in [4.78, 5) is 0. The average molecular weight is 254 g/mol. The van der Waals surface area contributed by atoms with Crippen LogP contribution in [0.4, 0.5) is 0 Å². The van der Waals surface area contributed by atoms with Crippen LogP contribution in [0, 0.1) is 0 Å². The maximum atomic E-state index is 12.4. The third-order valence-electron chi connectivity index (χ3n) is 3.32. The molecule has 2 aromatic rings. The van der Waals surface area contributed by atoms with E-state index < -0.39 is 10.8 Å². The molecule has 1 unspecified atom stereocenters.